The number of nitrogens with one attached hydrogen (secondary N) is 5. The van der Waals surface area contributed by atoms with Crippen LogP contribution >= 0.6 is 11.6 Å². The number of halogens is 1. The summed E-state index contributed by atoms with van der Waals surface area (Å²) in [5, 5.41) is 36.2. The number of carbonyl (C=O) groups is 2. The first kappa shape index (κ1) is 43.2. The molecule has 2 aromatic heterocycles. The van der Waals surface area contributed by atoms with E-state index in [0.29, 0.717) is 0 Å². The van der Waals surface area contributed by atoms with Crippen LogP contribution in [0, 0.1) is 20.2 Å². The van der Waals surface area contributed by atoms with Crippen molar-refractivity contribution in [2.24, 2.45) is 0 Å². The summed E-state index contributed by atoms with van der Waals surface area (Å²) in [5.74, 6) is 0.275. The molecular weight excluding hydrogens is 678 g/mol. The Hall–Kier alpha value is -4.81. The molecule has 0 aliphatic carbocycles. The average Bonchev–Trinajstić information content (AvgIpc) is 2.87. The van der Waals surface area contributed by atoms with E-state index in [0.717, 1.165) is 12.4 Å². The van der Waals surface area contributed by atoms with Crippen LogP contribution in [0.2, 0.25) is 5.28 Å². The van der Waals surface area contributed by atoms with Crippen LogP contribution in [-0.4, -0.2) is 82.9 Å². The molecule has 20 heteroatoms. The zero-order valence-corrected chi connectivity index (χ0v) is 31.7. The van der Waals surface area contributed by atoms with Crippen molar-refractivity contribution in [3.8, 4) is 0 Å². The highest BCUT2D eigenvalue weighted by atomic mass is 35.5. The van der Waals surface area contributed by atoms with Gasteiger partial charge in [0, 0.05) is 16.6 Å². The van der Waals surface area contributed by atoms with Gasteiger partial charge < -0.3 is 36.1 Å². The first-order valence-corrected chi connectivity index (χ1v) is 15.8. The number of carbonyl (C=O) groups excluding carboxylic acids is 2. The summed E-state index contributed by atoms with van der Waals surface area (Å²) in [6.45, 7) is 23.7. The second kappa shape index (κ2) is 16.7. The molecule has 280 valence electrons. The van der Waals surface area contributed by atoms with Gasteiger partial charge in [0.25, 0.3) is 0 Å². The molecule has 0 aromatic carbocycles. The van der Waals surface area contributed by atoms with Crippen molar-refractivity contribution in [3.63, 3.8) is 0 Å². The lowest BCUT2D eigenvalue weighted by molar-refractivity contribution is -0.384. The zero-order chi connectivity index (χ0) is 38.9. The van der Waals surface area contributed by atoms with Gasteiger partial charge in [0.2, 0.25) is 22.9 Å². The maximum atomic E-state index is 12.0. The molecule has 0 saturated heterocycles. The second-order valence-corrected chi connectivity index (χ2v) is 15.8. The van der Waals surface area contributed by atoms with E-state index >= 15 is 0 Å². The van der Waals surface area contributed by atoms with E-state index < -0.39 is 44.3 Å². The summed E-state index contributed by atoms with van der Waals surface area (Å²) >= 11 is 5.65. The van der Waals surface area contributed by atoms with E-state index in [1.807, 2.05) is 62.3 Å². The number of ether oxygens (including phenoxy) is 2. The van der Waals surface area contributed by atoms with E-state index in [1.54, 1.807) is 27.7 Å². The lowest BCUT2D eigenvalue weighted by Crippen LogP contribution is -2.46. The van der Waals surface area contributed by atoms with Crippen LogP contribution in [0.5, 0.6) is 0 Å². The van der Waals surface area contributed by atoms with Crippen LogP contribution in [0.1, 0.15) is 90.0 Å². The summed E-state index contributed by atoms with van der Waals surface area (Å²) in [6.07, 6.45) is 1.00. The van der Waals surface area contributed by atoms with E-state index in [1.165, 1.54) is 0 Å². The predicted molar refractivity (Wildman–Crippen MR) is 190 cm³/mol. The van der Waals surface area contributed by atoms with Gasteiger partial charge in [0.15, 0.2) is 0 Å². The first-order chi connectivity index (χ1) is 22.5. The van der Waals surface area contributed by atoms with E-state index in [2.05, 4.69) is 46.5 Å². The van der Waals surface area contributed by atoms with Crippen LogP contribution < -0.4 is 26.6 Å². The number of nitrogens with zero attached hydrogens (tertiary/aromatic N) is 6. The standard InChI is InChI=1S/C17H30N6O4.C13H20ClN5O4/c1-15(2,3)21-13-18-9-11(23(25)26)12(20-13)19-10-17(7,8)27-14(24)22-16(4,5)6;1-12(2,3)18-11(20)23-13(4,5)7-16-9-8(19(21)22)6-15-10(14)17-9/h9H,10H2,1-8H3,(H,22,24)(H2,18,19,20,21);6H,7H2,1-5H3,(H,18,20)(H,15,16,17). The number of rotatable bonds is 11. The van der Waals surface area contributed by atoms with Crippen molar-refractivity contribution in [1.29, 1.82) is 0 Å². The number of aromatic nitrogens is 4. The molecule has 0 unspecified atom stereocenters. The molecule has 0 aliphatic heterocycles. The molecule has 0 fully saturated rings. The highest BCUT2D eigenvalue weighted by Crippen LogP contribution is 2.25. The van der Waals surface area contributed by atoms with Gasteiger partial charge >= 0.3 is 23.6 Å². The van der Waals surface area contributed by atoms with Gasteiger partial charge in [-0.1, -0.05) is 0 Å². The fourth-order valence-corrected chi connectivity index (χ4v) is 3.62. The SMILES string of the molecule is CC(C)(C)NC(=O)OC(C)(C)CNc1nc(Cl)ncc1[N+](=O)[O-].CC(C)(C)NC(=O)OC(C)(C)CNc1nc(NC(C)(C)C)ncc1[N+](=O)[O-]. The molecule has 2 heterocycles. The largest absolute Gasteiger partial charge is 0.442 e. The number of nitro groups is 2. The van der Waals surface area contributed by atoms with Crippen molar-refractivity contribution in [3.05, 3.63) is 37.9 Å². The highest BCUT2D eigenvalue weighted by molar-refractivity contribution is 6.28. The molecule has 2 rings (SSSR count). The van der Waals surface area contributed by atoms with Crippen LogP contribution in [-0.2, 0) is 9.47 Å². The fourth-order valence-electron chi connectivity index (χ4n) is 3.48. The third-order valence-electron chi connectivity index (χ3n) is 5.44. The number of alkyl carbamates (subject to hydrolysis) is 2. The minimum absolute atomic E-state index is 0.0390. The lowest BCUT2D eigenvalue weighted by atomic mass is 10.1. The minimum Gasteiger partial charge on any atom is -0.442 e. The molecule has 0 bridgehead atoms. The number of amides is 2. The van der Waals surface area contributed by atoms with Gasteiger partial charge in [-0.15, -0.1) is 0 Å². The number of hydrogen-bond acceptors (Lipinski definition) is 15. The normalized spacial score (nSPS) is 12.0. The van der Waals surface area contributed by atoms with Gasteiger partial charge in [0.1, 0.15) is 23.6 Å². The van der Waals surface area contributed by atoms with E-state index in [9.17, 15) is 29.8 Å². The number of hydrogen-bond donors (Lipinski definition) is 5. The predicted octanol–water partition coefficient (Wildman–Crippen LogP) is 6.06. The Bertz CT molecular complexity index is 1520. The molecule has 2 amide bonds. The Labute approximate surface area is 296 Å². The van der Waals surface area contributed by atoms with Crippen molar-refractivity contribution < 1.29 is 28.9 Å². The van der Waals surface area contributed by atoms with Crippen LogP contribution in [0.25, 0.3) is 0 Å². The smallest absolute Gasteiger partial charge is 0.408 e. The second-order valence-electron chi connectivity index (χ2n) is 15.4. The van der Waals surface area contributed by atoms with E-state index in [-0.39, 0.29) is 52.9 Å². The van der Waals surface area contributed by atoms with Crippen molar-refractivity contribution in [2.45, 2.75) is 118 Å². The monoisotopic (exact) mass is 727 g/mol. The van der Waals surface area contributed by atoms with Crippen molar-refractivity contribution in [2.75, 3.05) is 29.0 Å². The molecule has 0 atom stereocenters. The summed E-state index contributed by atoms with van der Waals surface area (Å²) in [4.78, 5) is 60.3. The fraction of sp³-hybridized carbons (Fsp3) is 0.667. The Morgan fingerprint density at radius 3 is 1.42 bits per heavy atom. The summed E-state index contributed by atoms with van der Waals surface area (Å²) in [5.41, 5.74) is -3.60. The molecule has 5 N–H and O–H groups in total. The quantitative estimate of drug-likeness (QED) is 0.100. The molecular formula is C30H50ClN11O8. The average molecular weight is 728 g/mol. The van der Waals surface area contributed by atoms with Crippen LogP contribution in [0.4, 0.5) is 38.5 Å². The van der Waals surface area contributed by atoms with Gasteiger partial charge in [-0.05, 0) is 102 Å². The summed E-state index contributed by atoms with van der Waals surface area (Å²) in [6, 6.07) is 0. The van der Waals surface area contributed by atoms with Crippen molar-refractivity contribution >= 4 is 52.7 Å². The van der Waals surface area contributed by atoms with E-state index in [4.69, 9.17) is 21.1 Å². The third kappa shape index (κ3) is 17.5. The maximum absolute atomic E-state index is 12.0. The Balaban J connectivity index is 0.000000506. The van der Waals surface area contributed by atoms with Crippen LogP contribution in [0.3, 0.4) is 0 Å². The molecule has 50 heavy (non-hydrogen) atoms. The van der Waals surface area contributed by atoms with Crippen molar-refractivity contribution in [1.82, 2.24) is 30.6 Å². The Kier molecular flexibility index (Phi) is 14.5. The summed E-state index contributed by atoms with van der Waals surface area (Å²) < 4.78 is 10.7. The highest BCUT2D eigenvalue weighted by Gasteiger charge is 2.29. The summed E-state index contributed by atoms with van der Waals surface area (Å²) in [7, 11) is 0. The lowest BCUT2D eigenvalue weighted by Gasteiger charge is -2.28. The van der Waals surface area contributed by atoms with Gasteiger partial charge in [-0.25, -0.2) is 19.6 Å². The Morgan fingerprint density at radius 2 is 1.06 bits per heavy atom. The first-order valence-electron chi connectivity index (χ1n) is 15.4. The molecule has 2 aromatic rings. The minimum atomic E-state index is -0.930. The molecule has 0 spiro atoms. The maximum Gasteiger partial charge on any atom is 0.408 e. The molecule has 0 aliphatic rings. The Morgan fingerprint density at radius 1 is 0.680 bits per heavy atom. The van der Waals surface area contributed by atoms with Crippen LogP contribution in [0.15, 0.2) is 12.4 Å². The zero-order valence-electron chi connectivity index (χ0n) is 30.9. The molecule has 0 saturated carbocycles. The number of anilines is 3. The molecule has 0 radical (unpaired) electrons. The van der Waals surface area contributed by atoms with Gasteiger partial charge in [0.05, 0.1) is 22.9 Å². The van der Waals surface area contributed by atoms with Gasteiger partial charge in [-0.3, -0.25) is 20.2 Å². The topological polar surface area (TPSA) is 251 Å². The third-order valence-corrected chi connectivity index (χ3v) is 5.63. The molecule has 19 nitrogen and oxygen atoms in total. The van der Waals surface area contributed by atoms with Gasteiger partial charge in [-0.2, -0.15) is 9.97 Å².